The number of nitrogens with one attached hydrogen (secondary N) is 3. The number of halogens is 1. The van der Waals surface area contributed by atoms with Crippen molar-refractivity contribution in [3.63, 3.8) is 0 Å². The number of nitrogens with zero attached hydrogens (tertiary/aromatic N) is 2. The second kappa shape index (κ2) is 14.4. The Morgan fingerprint density at radius 3 is 2.68 bits per heavy atom. The maximum absolute atomic E-state index is 12.2. The predicted molar refractivity (Wildman–Crippen MR) is 122 cm³/mol. The molecule has 3 N–H and O–H groups in total. The van der Waals surface area contributed by atoms with E-state index in [9.17, 15) is 4.79 Å². The number of amides is 1. The molecule has 1 aliphatic heterocycles. The van der Waals surface area contributed by atoms with Crippen LogP contribution < -0.4 is 20.7 Å². The molecule has 0 radical (unpaired) electrons. The van der Waals surface area contributed by atoms with Gasteiger partial charge in [0, 0.05) is 44.8 Å². The van der Waals surface area contributed by atoms with Crippen LogP contribution in [0.5, 0.6) is 5.75 Å². The van der Waals surface area contributed by atoms with Gasteiger partial charge in [-0.25, -0.2) is 0 Å². The lowest BCUT2D eigenvalue weighted by atomic mass is 10.2. The Hall–Kier alpha value is -1.59. The lowest BCUT2D eigenvalue weighted by Crippen LogP contribution is -2.42. The molecule has 1 heterocycles. The van der Waals surface area contributed by atoms with Crippen molar-refractivity contribution in [2.24, 2.45) is 4.99 Å². The van der Waals surface area contributed by atoms with Gasteiger partial charge in [-0.1, -0.05) is 6.07 Å². The number of rotatable bonds is 9. The molecule has 0 aliphatic carbocycles. The number of methoxy groups -OCH3 is 1. The maximum atomic E-state index is 12.2. The highest BCUT2D eigenvalue weighted by Crippen LogP contribution is 2.12. The largest absolute Gasteiger partial charge is 0.497 e. The molecule has 0 aromatic heterocycles. The predicted octanol–water partition coefficient (Wildman–Crippen LogP) is 0.930. The fourth-order valence-corrected chi connectivity index (χ4v) is 2.69. The summed E-state index contributed by atoms with van der Waals surface area (Å²) in [6.45, 7) is 9.11. The quantitative estimate of drug-likeness (QED) is 0.201. The van der Waals surface area contributed by atoms with Gasteiger partial charge in [0.2, 0.25) is 0 Å². The molecule has 1 aromatic rings. The molecule has 28 heavy (non-hydrogen) atoms. The lowest BCUT2D eigenvalue weighted by molar-refractivity contribution is 0.0394. The van der Waals surface area contributed by atoms with Crippen LogP contribution in [0.15, 0.2) is 29.3 Å². The molecule has 8 nitrogen and oxygen atoms in total. The van der Waals surface area contributed by atoms with Gasteiger partial charge >= 0.3 is 0 Å². The highest BCUT2D eigenvalue weighted by Gasteiger charge is 2.09. The second-order valence-corrected chi connectivity index (χ2v) is 6.13. The summed E-state index contributed by atoms with van der Waals surface area (Å²) >= 11 is 0. The molecule has 1 saturated heterocycles. The third kappa shape index (κ3) is 9.07. The number of morpholine rings is 1. The van der Waals surface area contributed by atoms with Crippen LogP contribution in [0.25, 0.3) is 0 Å². The minimum absolute atomic E-state index is 0. The molecule has 158 valence electrons. The highest BCUT2D eigenvalue weighted by atomic mass is 127. The van der Waals surface area contributed by atoms with Crippen LogP contribution in [0.1, 0.15) is 17.3 Å². The molecule has 0 unspecified atom stereocenters. The van der Waals surface area contributed by atoms with E-state index >= 15 is 0 Å². The fourth-order valence-electron chi connectivity index (χ4n) is 2.69. The molecule has 1 fully saturated rings. The summed E-state index contributed by atoms with van der Waals surface area (Å²) < 4.78 is 10.5. The van der Waals surface area contributed by atoms with Crippen molar-refractivity contribution >= 4 is 35.8 Å². The van der Waals surface area contributed by atoms with Crippen molar-refractivity contribution in [1.29, 1.82) is 0 Å². The van der Waals surface area contributed by atoms with Gasteiger partial charge in [0.15, 0.2) is 5.96 Å². The van der Waals surface area contributed by atoms with Gasteiger partial charge in [-0.15, -0.1) is 24.0 Å². The molecule has 0 bridgehead atoms. The van der Waals surface area contributed by atoms with Gasteiger partial charge in [0.05, 0.1) is 26.9 Å². The van der Waals surface area contributed by atoms with Crippen molar-refractivity contribution in [2.75, 3.05) is 66.1 Å². The van der Waals surface area contributed by atoms with Gasteiger partial charge in [-0.05, 0) is 25.1 Å². The van der Waals surface area contributed by atoms with E-state index in [-0.39, 0.29) is 29.9 Å². The van der Waals surface area contributed by atoms with E-state index in [1.807, 2.05) is 13.0 Å². The number of hydrogen-bond donors (Lipinski definition) is 3. The van der Waals surface area contributed by atoms with Crippen LogP contribution in [-0.4, -0.2) is 82.9 Å². The smallest absolute Gasteiger partial charge is 0.251 e. The van der Waals surface area contributed by atoms with Crippen molar-refractivity contribution in [3.05, 3.63) is 29.8 Å². The van der Waals surface area contributed by atoms with Crippen LogP contribution in [0, 0.1) is 0 Å². The Bertz CT molecular complexity index is 609. The number of hydrogen-bond acceptors (Lipinski definition) is 5. The average Bonchev–Trinajstić information content (AvgIpc) is 2.71. The van der Waals surface area contributed by atoms with Gasteiger partial charge in [-0.3, -0.25) is 14.7 Å². The summed E-state index contributed by atoms with van der Waals surface area (Å²) in [5.74, 6) is 1.31. The molecule has 0 atom stereocenters. The standard InChI is InChI=1S/C19H31N5O3.HI/c1-3-20-19(23-9-10-24-11-13-27-14-12-24)22-8-7-21-18(25)16-5-4-6-17(15-16)26-2;/h4-6,15H,3,7-14H2,1-2H3,(H,21,25)(H2,20,22,23);1H. The number of ether oxygens (including phenoxy) is 2. The molecule has 9 heteroatoms. The Morgan fingerprint density at radius 1 is 1.21 bits per heavy atom. The lowest BCUT2D eigenvalue weighted by Gasteiger charge is -2.25. The molecule has 1 amide bonds. The Labute approximate surface area is 184 Å². The molecule has 0 spiro atoms. The van der Waals surface area contributed by atoms with Gasteiger partial charge < -0.3 is 25.4 Å². The molecule has 1 aliphatic rings. The monoisotopic (exact) mass is 505 g/mol. The number of guanidine groups is 1. The van der Waals surface area contributed by atoms with E-state index in [0.717, 1.165) is 51.9 Å². The first-order valence-electron chi connectivity index (χ1n) is 9.47. The first-order valence-corrected chi connectivity index (χ1v) is 9.47. The van der Waals surface area contributed by atoms with E-state index in [2.05, 4.69) is 25.8 Å². The van der Waals surface area contributed by atoms with Crippen LogP contribution in [0.4, 0.5) is 0 Å². The summed E-state index contributed by atoms with van der Waals surface area (Å²) in [4.78, 5) is 19.1. The van der Waals surface area contributed by atoms with E-state index in [0.29, 0.717) is 24.4 Å². The molecule has 0 saturated carbocycles. The first-order chi connectivity index (χ1) is 13.2. The number of carbonyl (C=O) groups excluding carboxylic acids is 1. The maximum Gasteiger partial charge on any atom is 0.251 e. The average molecular weight is 505 g/mol. The van der Waals surface area contributed by atoms with Crippen molar-refractivity contribution in [3.8, 4) is 5.75 Å². The van der Waals surface area contributed by atoms with E-state index in [1.54, 1.807) is 25.3 Å². The number of benzene rings is 1. The molecular weight excluding hydrogens is 473 g/mol. The minimum Gasteiger partial charge on any atom is -0.497 e. The highest BCUT2D eigenvalue weighted by molar-refractivity contribution is 14.0. The summed E-state index contributed by atoms with van der Waals surface area (Å²) in [6.07, 6.45) is 0. The van der Waals surface area contributed by atoms with Gasteiger partial charge in [0.1, 0.15) is 5.75 Å². The Kier molecular flexibility index (Phi) is 12.6. The summed E-state index contributed by atoms with van der Waals surface area (Å²) in [7, 11) is 1.58. The fraction of sp³-hybridized carbons (Fsp3) is 0.579. The zero-order chi connectivity index (χ0) is 19.3. The Morgan fingerprint density at radius 2 is 1.96 bits per heavy atom. The zero-order valence-corrected chi connectivity index (χ0v) is 19.0. The third-order valence-electron chi connectivity index (χ3n) is 4.17. The normalized spacial score (nSPS) is 14.7. The van der Waals surface area contributed by atoms with Crippen molar-refractivity contribution in [1.82, 2.24) is 20.9 Å². The second-order valence-electron chi connectivity index (χ2n) is 6.13. The third-order valence-corrected chi connectivity index (χ3v) is 4.17. The van der Waals surface area contributed by atoms with E-state index < -0.39 is 0 Å². The van der Waals surface area contributed by atoms with Crippen LogP contribution in [0.3, 0.4) is 0 Å². The number of carbonyl (C=O) groups is 1. The van der Waals surface area contributed by atoms with Crippen LogP contribution in [0.2, 0.25) is 0 Å². The van der Waals surface area contributed by atoms with Crippen molar-refractivity contribution in [2.45, 2.75) is 6.92 Å². The van der Waals surface area contributed by atoms with Crippen molar-refractivity contribution < 1.29 is 14.3 Å². The molecular formula is C19H32IN5O3. The van der Waals surface area contributed by atoms with E-state index in [1.165, 1.54) is 0 Å². The number of aliphatic imine (C=N–C) groups is 1. The van der Waals surface area contributed by atoms with Gasteiger partial charge in [0.25, 0.3) is 5.91 Å². The van der Waals surface area contributed by atoms with Crippen LogP contribution in [-0.2, 0) is 4.74 Å². The summed E-state index contributed by atoms with van der Waals surface area (Å²) in [5.41, 5.74) is 0.584. The minimum atomic E-state index is -0.120. The van der Waals surface area contributed by atoms with Gasteiger partial charge in [-0.2, -0.15) is 0 Å². The summed E-state index contributed by atoms with van der Waals surface area (Å²) in [5, 5.41) is 9.36. The van der Waals surface area contributed by atoms with Crippen LogP contribution >= 0.6 is 24.0 Å². The zero-order valence-electron chi connectivity index (χ0n) is 16.7. The van der Waals surface area contributed by atoms with E-state index in [4.69, 9.17) is 9.47 Å². The Balaban J connectivity index is 0.00000392. The summed E-state index contributed by atoms with van der Waals surface area (Å²) in [6, 6.07) is 7.10. The molecule has 2 rings (SSSR count). The topological polar surface area (TPSA) is 87.2 Å². The first kappa shape index (κ1) is 24.4. The molecule has 1 aromatic carbocycles. The SMILES string of the molecule is CCNC(=NCCN1CCOCC1)NCCNC(=O)c1cccc(OC)c1.I.